The van der Waals surface area contributed by atoms with Crippen LogP contribution < -0.4 is 14.8 Å². The van der Waals surface area contributed by atoms with E-state index in [-0.39, 0.29) is 17.6 Å². The highest BCUT2D eigenvalue weighted by Gasteiger charge is 2.23. The second-order valence-electron chi connectivity index (χ2n) is 7.21. The Kier molecular flexibility index (Phi) is 6.02. The molecule has 0 fully saturated rings. The monoisotopic (exact) mass is 385 g/mol. The summed E-state index contributed by atoms with van der Waals surface area (Å²) in [4.78, 5) is 24.0. The molecule has 1 aromatic heterocycles. The number of ketones is 1. The van der Waals surface area contributed by atoms with Crippen molar-refractivity contribution in [3.05, 3.63) is 40.7 Å². The summed E-state index contributed by atoms with van der Waals surface area (Å²) in [5.74, 6) is 1.74. The van der Waals surface area contributed by atoms with Crippen molar-refractivity contribution >= 4 is 11.7 Å². The van der Waals surface area contributed by atoms with E-state index in [9.17, 15) is 9.59 Å². The molecule has 0 unspecified atom stereocenters. The van der Waals surface area contributed by atoms with Crippen molar-refractivity contribution in [2.75, 3.05) is 20.3 Å². The number of nitrogens with zero attached hydrogens (tertiary/aromatic N) is 2. The van der Waals surface area contributed by atoms with Gasteiger partial charge in [-0.2, -0.15) is 5.10 Å². The van der Waals surface area contributed by atoms with Gasteiger partial charge >= 0.3 is 0 Å². The number of para-hydroxylation sites is 1. The fourth-order valence-electron chi connectivity index (χ4n) is 3.73. The lowest BCUT2D eigenvalue weighted by Crippen LogP contribution is -2.35. The second kappa shape index (κ2) is 8.46. The van der Waals surface area contributed by atoms with Gasteiger partial charge in [0.1, 0.15) is 0 Å². The van der Waals surface area contributed by atoms with Crippen LogP contribution in [0.4, 0.5) is 0 Å². The lowest BCUT2D eigenvalue weighted by Gasteiger charge is -2.26. The minimum absolute atomic E-state index is 0.0000817. The molecule has 0 saturated carbocycles. The van der Waals surface area contributed by atoms with E-state index in [0.717, 1.165) is 29.2 Å². The lowest BCUT2D eigenvalue weighted by atomic mass is 9.96. The fourth-order valence-corrected chi connectivity index (χ4v) is 3.73. The number of benzene rings is 1. The van der Waals surface area contributed by atoms with Gasteiger partial charge in [-0.05, 0) is 38.8 Å². The largest absolute Gasteiger partial charge is 0.493 e. The van der Waals surface area contributed by atoms with E-state index in [1.54, 1.807) is 11.8 Å². The van der Waals surface area contributed by atoms with Crippen molar-refractivity contribution < 1.29 is 19.1 Å². The van der Waals surface area contributed by atoms with Crippen LogP contribution in [-0.4, -0.2) is 41.7 Å². The van der Waals surface area contributed by atoms with E-state index in [1.165, 1.54) is 6.92 Å². The van der Waals surface area contributed by atoms with Crippen molar-refractivity contribution in [1.82, 2.24) is 15.1 Å². The highest BCUT2D eigenvalue weighted by molar-refractivity contribution is 5.96. The number of methoxy groups -OCH3 is 1. The molecule has 1 amide bonds. The van der Waals surface area contributed by atoms with Crippen molar-refractivity contribution in [1.29, 1.82) is 0 Å². The third-order valence-electron chi connectivity index (χ3n) is 5.12. The molecule has 1 aromatic carbocycles. The molecule has 3 rings (SSSR count). The number of Topliss-reactive ketones (excluding diaryl/α,β-unsaturated/α-hetero) is 1. The number of fused-ring (bicyclic) bond motifs is 1. The minimum atomic E-state index is -0.0339. The van der Waals surface area contributed by atoms with E-state index in [4.69, 9.17) is 9.47 Å². The van der Waals surface area contributed by atoms with Crippen LogP contribution in [0.15, 0.2) is 18.2 Å². The van der Waals surface area contributed by atoms with E-state index in [2.05, 4.69) is 10.4 Å². The zero-order valence-electron chi connectivity index (χ0n) is 16.9. The van der Waals surface area contributed by atoms with Crippen molar-refractivity contribution in [3.8, 4) is 11.5 Å². The van der Waals surface area contributed by atoms with Gasteiger partial charge in [-0.3, -0.25) is 14.3 Å². The topological polar surface area (TPSA) is 82.4 Å². The summed E-state index contributed by atoms with van der Waals surface area (Å²) in [7, 11) is 1.63. The quantitative estimate of drug-likeness (QED) is 0.741. The van der Waals surface area contributed by atoms with Crippen LogP contribution in [0.5, 0.6) is 11.5 Å². The van der Waals surface area contributed by atoms with Crippen molar-refractivity contribution in [2.45, 2.75) is 40.2 Å². The van der Waals surface area contributed by atoms with Gasteiger partial charge in [0.2, 0.25) is 5.91 Å². The van der Waals surface area contributed by atoms with Crippen LogP contribution in [0.3, 0.4) is 0 Å². The van der Waals surface area contributed by atoms with E-state index >= 15 is 0 Å². The molecule has 2 heterocycles. The summed E-state index contributed by atoms with van der Waals surface area (Å²) in [5.41, 5.74) is 3.26. The summed E-state index contributed by atoms with van der Waals surface area (Å²) in [6.45, 7) is 6.77. The average molecular weight is 385 g/mol. The molecule has 1 aliphatic rings. The number of rotatable bonds is 7. The number of carbonyl (C=O) groups excluding carboxylic acids is 2. The Morgan fingerprint density at radius 3 is 2.82 bits per heavy atom. The maximum atomic E-state index is 12.3. The molecule has 0 saturated heterocycles. The maximum Gasteiger partial charge on any atom is 0.221 e. The molecule has 7 nitrogen and oxygen atoms in total. The van der Waals surface area contributed by atoms with Crippen LogP contribution in [0.25, 0.3) is 0 Å². The number of amides is 1. The predicted octanol–water partition coefficient (Wildman–Crippen LogP) is 2.47. The van der Waals surface area contributed by atoms with Gasteiger partial charge in [0.05, 0.1) is 25.0 Å². The minimum Gasteiger partial charge on any atom is -0.493 e. The predicted molar refractivity (Wildman–Crippen MR) is 105 cm³/mol. The number of aryl methyl sites for hydroxylation is 2. The number of nitrogens with one attached hydrogen (secondary N) is 1. The van der Waals surface area contributed by atoms with Gasteiger partial charge in [-0.25, -0.2) is 0 Å². The van der Waals surface area contributed by atoms with Gasteiger partial charge in [-0.1, -0.05) is 12.1 Å². The molecule has 0 spiro atoms. The number of ether oxygens (including phenoxy) is 2. The third-order valence-corrected chi connectivity index (χ3v) is 5.12. The Morgan fingerprint density at radius 2 is 2.14 bits per heavy atom. The van der Waals surface area contributed by atoms with Crippen molar-refractivity contribution in [3.63, 3.8) is 0 Å². The summed E-state index contributed by atoms with van der Waals surface area (Å²) < 4.78 is 12.9. The molecular formula is C21H27N3O4. The Hall–Kier alpha value is -2.83. The van der Waals surface area contributed by atoms with E-state index in [1.807, 2.05) is 32.0 Å². The smallest absolute Gasteiger partial charge is 0.221 e. The summed E-state index contributed by atoms with van der Waals surface area (Å²) in [6.07, 6.45) is 1.16. The zero-order valence-corrected chi connectivity index (χ0v) is 16.9. The number of hydrogen-bond acceptors (Lipinski definition) is 5. The molecule has 150 valence electrons. The fraction of sp³-hybridized carbons (Fsp3) is 0.476. The Morgan fingerprint density at radius 1 is 1.36 bits per heavy atom. The van der Waals surface area contributed by atoms with Crippen LogP contribution in [-0.2, 0) is 17.8 Å². The Balaban J connectivity index is 1.50. The Labute approximate surface area is 165 Å². The lowest BCUT2D eigenvalue weighted by molar-refractivity contribution is -0.121. The summed E-state index contributed by atoms with van der Waals surface area (Å²) in [5, 5.41) is 7.37. The molecule has 1 N–H and O–H groups in total. The van der Waals surface area contributed by atoms with Crippen LogP contribution >= 0.6 is 0 Å². The van der Waals surface area contributed by atoms with Gasteiger partial charge in [0.25, 0.3) is 0 Å². The molecule has 1 aliphatic heterocycles. The molecule has 7 heteroatoms. The Bertz CT molecular complexity index is 888. The van der Waals surface area contributed by atoms with Gasteiger partial charge in [0.15, 0.2) is 17.3 Å². The third kappa shape index (κ3) is 4.18. The zero-order chi connectivity index (χ0) is 20.3. The molecule has 1 atom stereocenters. The molecule has 0 aliphatic carbocycles. The summed E-state index contributed by atoms with van der Waals surface area (Å²) >= 11 is 0. The van der Waals surface area contributed by atoms with Gasteiger partial charge in [-0.15, -0.1) is 0 Å². The number of hydrogen-bond donors (Lipinski definition) is 1. The normalized spacial score (nSPS) is 15.5. The van der Waals surface area contributed by atoms with E-state index < -0.39 is 0 Å². The van der Waals surface area contributed by atoms with Crippen LogP contribution in [0.2, 0.25) is 0 Å². The van der Waals surface area contributed by atoms with Gasteiger partial charge < -0.3 is 14.8 Å². The maximum absolute atomic E-state index is 12.3. The van der Waals surface area contributed by atoms with Crippen molar-refractivity contribution in [2.24, 2.45) is 5.92 Å². The molecule has 2 aromatic rings. The molecular weight excluding hydrogens is 358 g/mol. The SMILES string of the molecule is COc1cccc2c1OC[C@H](CNC(=O)CCn1nc(C)c(C(C)=O)c1C)C2. The number of aromatic nitrogens is 2. The first-order valence-electron chi connectivity index (χ1n) is 9.51. The number of carbonyl (C=O) groups is 2. The van der Waals surface area contributed by atoms with Crippen LogP contribution in [0, 0.1) is 19.8 Å². The van der Waals surface area contributed by atoms with Crippen LogP contribution in [0.1, 0.15) is 40.7 Å². The standard InChI is InChI=1S/C21H27N3O4/c1-13-20(15(3)25)14(2)24(23-13)9-8-19(26)22-11-16-10-17-6-5-7-18(27-4)21(17)28-12-16/h5-7,16H,8-12H2,1-4H3,(H,22,26)/t16-/m0/s1. The average Bonchev–Trinajstić information content (AvgIpc) is 2.97. The van der Waals surface area contributed by atoms with Gasteiger partial charge in [0, 0.05) is 31.1 Å². The van der Waals surface area contributed by atoms with E-state index in [0.29, 0.717) is 37.4 Å². The first-order chi connectivity index (χ1) is 13.4. The first kappa shape index (κ1) is 19.9. The summed E-state index contributed by atoms with van der Waals surface area (Å²) in [6, 6.07) is 5.87. The second-order valence-corrected chi connectivity index (χ2v) is 7.21. The molecule has 0 bridgehead atoms. The molecule has 0 radical (unpaired) electrons. The highest BCUT2D eigenvalue weighted by Crippen LogP contribution is 2.35. The first-order valence-corrected chi connectivity index (χ1v) is 9.51. The molecule has 28 heavy (non-hydrogen) atoms. The highest BCUT2D eigenvalue weighted by atomic mass is 16.5.